The van der Waals surface area contributed by atoms with Crippen molar-refractivity contribution in [1.29, 1.82) is 0 Å². The molecular weight excluding hydrogens is 236 g/mol. The van der Waals surface area contributed by atoms with Gasteiger partial charge >= 0.3 is 0 Å². The minimum absolute atomic E-state index is 0.0233. The van der Waals surface area contributed by atoms with Crippen LogP contribution in [0.3, 0.4) is 0 Å². The first-order valence-corrected chi connectivity index (χ1v) is 6.53. The molecule has 4 heteroatoms. The molecule has 0 radical (unpaired) electrons. The summed E-state index contributed by atoms with van der Waals surface area (Å²) in [7, 11) is 2.03. The zero-order valence-electron chi connectivity index (χ0n) is 11.5. The monoisotopic (exact) mass is 256 g/mol. The van der Waals surface area contributed by atoms with Gasteiger partial charge in [-0.1, -0.05) is 13.0 Å². The number of hydrogen-bond donors (Lipinski definition) is 1. The highest BCUT2D eigenvalue weighted by Gasteiger charge is 2.07. The van der Waals surface area contributed by atoms with E-state index >= 15 is 0 Å². The summed E-state index contributed by atoms with van der Waals surface area (Å²) in [6, 6.07) is 10.0. The first-order chi connectivity index (χ1) is 9.20. The number of pyridine rings is 2. The molecule has 2 aromatic rings. The van der Waals surface area contributed by atoms with Crippen molar-refractivity contribution >= 4 is 5.69 Å². The van der Waals surface area contributed by atoms with Crippen LogP contribution in [0, 0.1) is 0 Å². The molecule has 0 aliphatic rings. The van der Waals surface area contributed by atoms with Gasteiger partial charge in [0.2, 0.25) is 0 Å². The van der Waals surface area contributed by atoms with Crippen LogP contribution in [0.25, 0.3) is 0 Å². The van der Waals surface area contributed by atoms with Gasteiger partial charge in [-0.2, -0.15) is 0 Å². The van der Waals surface area contributed by atoms with Crippen LogP contribution in [-0.2, 0) is 6.54 Å². The lowest BCUT2D eigenvalue weighted by Crippen LogP contribution is -2.18. The van der Waals surface area contributed by atoms with Crippen LogP contribution >= 0.6 is 0 Å². The molecule has 100 valence electrons. The average Bonchev–Trinajstić information content (AvgIpc) is 2.47. The van der Waals surface area contributed by atoms with Gasteiger partial charge in [0.05, 0.1) is 29.8 Å². The van der Waals surface area contributed by atoms with Crippen LogP contribution in [0.5, 0.6) is 0 Å². The van der Waals surface area contributed by atoms with Gasteiger partial charge in [-0.15, -0.1) is 0 Å². The predicted molar refractivity (Wildman–Crippen MR) is 77.8 cm³/mol. The molecule has 0 bridgehead atoms. The summed E-state index contributed by atoms with van der Waals surface area (Å²) in [4.78, 5) is 10.9. The molecule has 4 nitrogen and oxygen atoms in total. The minimum atomic E-state index is 0.0233. The molecule has 0 fully saturated rings. The molecular formula is C15H20N4. The average molecular weight is 256 g/mol. The third kappa shape index (κ3) is 3.51. The van der Waals surface area contributed by atoms with E-state index in [1.807, 2.05) is 43.7 Å². The molecule has 19 heavy (non-hydrogen) atoms. The standard InChI is InChI=1S/C15H20N4/c1-3-14(16)15-8-7-13(10-18-15)19(2)11-12-6-4-5-9-17-12/h4-10,14H,3,11,16H2,1-2H3/t14-/m1/s1. The van der Waals surface area contributed by atoms with E-state index in [1.165, 1.54) is 0 Å². The Kier molecular flexibility index (Phi) is 4.47. The quantitative estimate of drug-likeness (QED) is 0.893. The zero-order valence-corrected chi connectivity index (χ0v) is 11.5. The first-order valence-electron chi connectivity index (χ1n) is 6.53. The SMILES string of the molecule is CC[C@@H](N)c1ccc(N(C)Cc2ccccn2)cn1. The first kappa shape index (κ1) is 13.5. The molecule has 2 aromatic heterocycles. The molecule has 0 saturated heterocycles. The Morgan fingerprint density at radius 2 is 2.05 bits per heavy atom. The number of nitrogens with two attached hydrogens (primary N) is 1. The highest BCUT2D eigenvalue weighted by Crippen LogP contribution is 2.17. The number of nitrogens with zero attached hydrogens (tertiary/aromatic N) is 3. The van der Waals surface area contributed by atoms with Gasteiger partial charge in [0.25, 0.3) is 0 Å². The Labute approximate surface area is 114 Å². The third-order valence-corrected chi connectivity index (χ3v) is 3.16. The summed E-state index contributed by atoms with van der Waals surface area (Å²) in [5.74, 6) is 0. The van der Waals surface area contributed by atoms with E-state index in [-0.39, 0.29) is 6.04 Å². The van der Waals surface area contributed by atoms with Gasteiger partial charge in [-0.25, -0.2) is 0 Å². The van der Waals surface area contributed by atoms with Crippen molar-refractivity contribution in [3.05, 3.63) is 54.1 Å². The smallest absolute Gasteiger partial charge is 0.0599 e. The Balaban J connectivity index is 2.05. The summed E-state index contributed by atoms with van der Waals surface area (Å²) in [5, 5.41) is 0. The zero-order chi connectivity index (χ0) is 13.7. The van der Waals surface area contributed by atoms with Crippen molar-refractivity contribution in [3.63, 3.8) is 0 Å². The van der Waals surface area contributed by atoms with Crippen molar-refractivity contribution in [2.75, 3.05) is 11.9 Å². The lowest BCUT2D eigenvalue weighted by molar-refractivity contribution is 0.675. The molecule has 0 amide bonds. The molecule has 2 N–H and O–H groups in total. The lowest BCUT2D eigenvalue weighted by atomic mass is 10.1. The molecule has 0 spiro atoms. The van der Waals surface area contributed by atoms with Crippen molar-refractivity contribution in [3.8, 4) is 0 Å². The van der Waals surface area contributed by atoms with Crippen LogP contribution in [0.2, 0.25) is 0 Å². The fourth-order valence-corrected chi connectivity index (χ4v) is 1.88. The molecule has 1 atom stereocenters. The summed E-state index contributed by atoms with van der Waals surface area (Å²) in [5.41, 5.74) is 9.01. The maximum atomic E-state index is 5.96. The predicted octanol–water partition coefficient (Wildman–Crippen LogP) is 2.52. The maximum Gasteiger partial charge on any atom is 0.0599 e. The van der Waals surface area contributed by atoms with E-state index in [2.05, 4.69) is 27.9 Å². The summed E-state index contributed by atoms with van der Waals surface area (Å²) in [6.07, 6.45) is 4.58. The summed E-state index contributed by atoms with van der Waals surface area (Å²) >= 11 is 0. The normalized spacial score (nSPS) is 12.2. The van der Waals surface area contributed by atoms with Crippen LogP contribution < -0.4 is 10.6 Å². The van der Waals surface area contributed by atoms with Crippen molar-refractivity contribution in [1.82, 2.24) is 9.97 Å². The summed E-state index contributed by atoms with van der Waals surface area (Å²) in [6.45, 7) is 2.83. The molecule has 0 unspecified atom stereocenters. The molecule has 2 heterocycles. The van der Waals surface area contributed by atoms with Crippen LogP contribution in [-0.4, -0.2) is 17.0 Å². The van der Waals surface area contributed by atoms with Gasteiger partial charge in [0.1, 0.15) is 0 Å². The highest BCUT2D eigenvalue weighted by atomic mass is 15.1. The molecule has 0 aliphatic carbocycles. The highest BCUT2D eigenvalue weighted by molar-refractivity contribution is 5.44. The number of rotatable bonds is 5. The largest absolute Gasteiger partial charge is 0.367 e. The second-order valence-corrected chi connectivity index (χ2v) is 4.63. The van der Waals surface area contributed by atoms with E-state index in [9.17, 15) is 0 Å². The van der Waals surface area contributed by atoms with E-state index < -0.39 is 0 Å². The molecule has 2 rings (SSSR count). The Morgan fingerprint density at radius 3 is 2.63 bits per heavy atom. The molecule has 0 aliphatic heterocycles. The third-order valence-electron chi connectivity index (χ3n) is 3.16. The fourth-order valence-electron chi connectivity index (χ4n) is 1.88. The number of hydrogen-bond acceptors (Lipinski definition) is 4. The second-order valence-electron chi connectivity index (χ2n) is 4.63. The van der Waals surface area contributed by atoms with Crippen molar-refractivity contribution in [2.24, 2.45) is 5.73 Å². The van der Waals surface area contributed by atoms with E-state index in [1.54, 1.807) is 0 Å². The van der Waals surface area contributed by atoms with Crippen molar-refractivity contribution in [2.45, 2.75) is 25.9 Å². The maximum absolute atomic E-state index is 5.96. The van der Waals surface area contributed by atoms with Gasteiger partial charge in [-0.3, -0.25) is 9.97 Å². The second kappa shape index (κ2) is 6.29. The van der Waals surface area contributed by atoms with E-state index in [0.29, 0.717) is 0 Å². The molecule has 0 aromatic carbocycles. The molecule has 0 saturated carbocycles. The fraction of sp³-hybridized carbons (Fsp3) is 0.333. The van der Waals surface area contributed by atoms with Crippen LogP contribution in [0.1, 0.15) is 30.8 Å². The van der Waals surface area contributed by atoms with Gasteiger partial charge < -0.3 is 10.6 Å². The van der Waals surface area contributed by atoms with E-state index in [0.717, 1.165) is 30.0 Å². The Bertz CT molecular complexity index is 495. The topological polar surface area (TPSA) is 55.0 Å². The van der Waals surface area contributed by atoms with Crippen LogP contribution in [0.4, 0.5) is 5.69 Å². The van der Waals surface area contributed by atoms with Crippen molar-refractivity contribution < 1.29 is 0 Å². The number of anilines is 1. The summed E-state index contributed by atoms with van der Waals surface area (Å²) < 4.78 is 0. The van der Waals surface area contributed by atoms with Gasteiger partial charge in [0, 0.05) is 19.3 Å². The van der Waals surface area contributed by atoms with Gasteiger partial charge in [0.15, 0.2) is 0 Å². The van der Waals surface area contributed by atoms with Crippen LogP contribution in [0.15, 0.2) is 42.7 Å². The van der Waals surface area contributed by atoms with E-state index in [4.69, 9.17) is 5.73 Å². The number of aromatic nitrogens is 2. The van der Waals surface area contributed by atoms with Gasteiger partial charge in [-0.05, 0) is 30.7 Å². The Morgan fingerprint density at radius 1 is 1.21 bits per heavy atom. The minimum Gasteiger partial charge on any atom is -0.367 e. The Hall–Kier alpha value is -1.94. The lowest BCUT2D eigenvalue weighted by Gasteiger charge is -2.19.